The lowest BCUT2D eigenvalue weighted by atomic mass is 10.0. The predicted molar refractivity (Wildman–Crippen MR) is 133 cm³/mol. The fourth-order valence-corrected chi connectivity index (χ4v) is 3.85. The van der Waals surface area contributed by atoms with Crippen LogP contribution in [0.4, 0.5) is 0 Å². The van der Waals surface area contributed by atoms with Gasteiger partial charge in [-0.1, -0.05) is 0 Å². The monoisotopic (exact) mass is 590 g/mol. The van der Waals surface area contributed by atoms with Gasteiger partial charge in [0.25, 0.3) is 0 Å². The molecule has 0 aliphatic carbocycles. The van der Waals surface area contributed by atoms with Crippen molar-refractivity contribution in [2.24, 2.45) is 0 Å². The Balaban J connectivity index is 1.64. The van der Waals surface area contributed by atoms with Crippen molar-refractivity contribution in [3.05, 3.63) is 53.1 Å². The van der Waals surface area contributed by atoms with E-state index < -0.39 is 118 Å². The van der Waals surface area contributed by atoms with Gasteiger partial charge in [0.15, 0.2) is 70.1 Å². The van der Waals surface area contributed by atoms with Crippen molar-refractivity contribution < 1.29 is 79.3 Å². The van der Waals surface area contributed by atoms with E-state index in [9.17, 15) is 60.3 Å². The molecule has 222 valence electrons. The Morgan fingerprint density at radius 1 is 0.500 bits per heavy atom. The summed E-state index contributed by atoms with van der Waals surface area (Å²) in [6.07, 6.45) is -4.73. The summed E-state index contributed by atoms with van der Waals surface area (Å²) in [5.74, 6) is -11.6. The van der Waals surface area contributed by atoms with Crippen LogP contribution < -0.4 is 0 Å². The molecule has 1 saturated heterocycles. The Morgan fingerprint density at radius 2 is 0.762 bits per heavy atom. The van der Waals surface area contributed by atoms with Gasteiger partial charge in [0.2, 0.25) is 0 Å². The zero-order chi connectivity index (χ0) is 30.9. The topological polar surface area (TPSA) is 270 Å². The second kappa shape index (κ2) is 11.4. The first kappa shape index (κ1) is 29.2. The minimum Gasteiger partial charge on any atom is -0.504 e. The average Bonchev–Trinajstić information content (AvgIpc) is 2.93. The zero-order valence-electron chi connectivity index (χ0n) is 21.0. The summed E-state index contributed by atoms with van der Waals surface area (Å²) < 4.78 is 21.4. The van der Waals surface area contributed by atoms with Crippen molar-refractivity contribution in [1.82, 2.24) is 0 Å². The highest BCUT2D eigenvalue weighted by Crippen LogP contribution is 2.38. The lowest BCUT2D eigenvalue weighted by Gasteiger charge is -2.36. The van der Waals surface area contributed by atoms with Crippen molar-refractivity contribution >= 4 is 17.9 Å². The number of ether oxygens (including phenoxy) is 4. The minimum atomic E-state index is -1.66. The van der Waals surface area contributed by atoms with Gasteiger partial charge in [-0.05, 0) is 36.4 Å². The molecule has 1 fully saturated rings. The number of rotatable bonds is 6. The number of hydrogen-bond acceptors (Lipinski definition) is 16. The molecule has 0 amide bonds. The van der Waals surface area contributed by atoms with E-state index in [-0.39, 0.29) is 0 Å². The molecular weight excluding hydrogens is 568 g/mol. The fourth-order valence-electron chi connectivity index (χ4n) is 3.85. The maximum atomic E-state index is 12.9. The molecule has 1 heterocycles. The van der Waals surface area contributed by atoms with Crippen molar-refractivity contribution in [2.45, 2.75) is 18.3 Å². The third-order valence-electron chi connectivity index (χ3n) is 5.97. The van der Waals surface area contributed by atoms with Gasteiger partial charge in [-0.25, -0.2) is 14.4 Å². The first-order valence-electron chi connectivity index (χ1n) is 11.7. The molecule has 16 nitrogen and oxygen atoms in total. The molecule has 0 spiro atoms. The maximum absolute atomic E-state index is 12.9. The minimum absolute atomic E-state index is 0.444. The van der Waals surface area contributed by atoms with Gasteiger partial charge in [-0.2, -0.15) is 0 Å². The number of carbonyl (C=O) groups excluding carboxylic acids is 3. The predicted octanol–water partition coefficient (Wildman–Crippen LogP) is 1.04. The number of aromatic hydroxyl groups is 9. The molecule has 1 aliphatic rings. The Hall–Kier alpha value is -5.77. The normalized spacial score (nSPS) is 18.1. The zero-order valence-corrected chi connectivity index (χ0v) is 21.0. The molecule has 1 aliphatic heterocycles. The van der Waals surface area contributed by atoms with E-state index >= 15 is 0 Å². The summed E-state index contributed by atoms with van der Waals surface area (Å²) in [7, 11) is 0. The van der Waals surface area contributed by atoms with Gasteiger partial charge in [-0.15, -0.1) is 0 Å². The largest absolute Gasteiger partial charge is 0.504 e. The molecule has 2 unspecified atom stereocenters. The van der Waals surface area contributed by atoms with Crippen molar-refractivity contribution in [3.8, 4) is 51.7 Å². The van der Waals surface area contributed by atoms with E-state index in [1.807, 2.05) is 0 Å². The van der Waals surface area contributed by atoms with Gasteiger partial charge in [0.05, 0.1) is 29.9 Å². The summed E-state index contributed by atoms with van der Waals surface area (Å²) in [5.41, 5.74) is -1.38. The summed E-state index contributed by atoms with van der Waals surface area (Å²) in [4.78, 5) is 38.6. The molecule has 0 bridgehead atoms. The summed E-state index contributed by atoms with van der Waals surface area (Å²) in [5, 5.41) is 87.0. The van der Waals surface area contributed by atoms with Crippen LogP contribution in [0.3, 0.4) is 0 Å². The number of hydrogen-bond donors (Lipinski definition) is 9. The molecule has 3 aromatic carbocycles. The molecule has 16 heteroatoms. The first-order chi connectivity index (χ1) is 19.8. The molecule has 2 atom stereocenters. The Kier molecular flexibility index (Phi) is 7.92. The number of benzene rings is 3. The van der Waals surface area contributed by atoms with E-state index in [1.165, 1.54) is 0 Å². The maximum Gasteiger partial charge on any atom is 0.338 e. The van der Waals surface area contributed by atoms with Crippen LogP contribution in [0.25, 0.3) is 0 Å². The van der Waals surface area contributed by atoms with Gasteiger partial charge in [0, 0.05) is 0 Å². The lowest BCUT2D eigenvalue weighted by Crippen LogP contribution is -2.53. The van der Waals surface area contributed by atoms with Crippen LogP contribution >= 0.6 is 0 Å². The van der Waals surface area contributed by atoms with Crippen molar-refractivity contribution in [2.75, 3.05) is 13.2 Å². The van der Waals surface area contributed by atoms with Crippen LogP contribution in [0.5, 0.6) is 51.7 Å². The Labute approximate surface area is 234 Å². The third-order valence-corrected chi connectivity index (χ3v) is 5.97. The standard InChI is InChI=1S/C26H22O16/c27-12-1-9(2-13(28)20(12)33)24(36)40-18-7-39-8-19(41-25(37)10-3-14(29)21(34)15(30)4-10)23(18)42-26(38)11-5-16(31)22(35)17(32)6-11/h1-6,18-19,23,27-35H,7-8H2. The highest BCUT2D eigenvalue weighted by atomic mass is 16.6. The van der Waals surface area contributed by atoms with Gasteiger partial charge >= 0.3 is 17.9 Å². The van der Waals surface area contributed by atoms with Crippen LogP contribution in [0, 0.1) is 0 Å². The van der Waals surface area contributed by atoms with E-state index in [4.69, 9.17) is 18.9 Å². The SMILES string of the molecule is O=C(OC1COCC(OC(=O)c2cc(O)c(O)c(O)c2)C1OC(=O)c1cc(O)c(O)c(O)c1)c1cc(O)c(O)c(O)c1. The smallest absolute Gasteiger partial charge is 0.338 e. The Morgan fingerprint density at radius 3 is 1.05 bits per heavy atom. The van der Waals surface area contributed by atoms with Crippen molar-refractivity contribution in [1.29, 1.82) is 0 Å². The highest BCUT2D eigenvalue weighted by molar-refractivity contribution is 5.93. The number of carbonyl (C=O) groups is 3. The van der Waals surface area contributed by atoms with E-state index in [2.05, 4.69) is 0 Å². The second-order valence-electron chi connectivity index (χ2n) is 8.88. The van der Waals surface area contributed by atoms with Crippen LogP contribution in [0.15, 0.2) is 36.4 Å². The van der Waals surface area contributed by atoms with Crippen LogP contribution in [-0.4, -0.2) is 95.4 Å². The number of phenolic OH excluding ortho intramolecular Hbond substituents is 9. The van der Waals surface area contributed by atoms with Crippen molar-refractivity contribution in [3.63, 3.8) is 0 Å². The number of esters is 3. The summed E-state index contributed by atoms with van der Waals surface area (Å²) in [6.45, 7) is -0.888. The summed E-state index contributed by atoms with van der Waals surface area (Å²) >= 11 is 0. The molecular formula is C26H22O16. The van der Waals surface area contributed by atoms with Gasteiger partial charge < -0.3 is 64.9 Å². The molecule has 9 N–H and O–H groups in total. The van der Waals surface area contributed by atoms with Crippen LogP contribution in [-0.2, 0) is 18.9 Å². The van der Waals surface area contributed by atoms with Gasteiger partial charge in [-0.3, -0.25) is 0 Å². The lowest BCUT2D eigenvalue weighted by molar-refractivity contribution is -0.157. The van der Waals surface area contributed by atoms with E-state index in [0.29, 0.717) is 0 Å². The van der Waals surface area contributed by atoms with E-state index in [1.54, 1.807) is 0 Å². The third kappa shape index (κ3) is 5.87. The first-order valence-corrected chi connectivity index (χ1v) is 11.7. The van der Waals surface area contributed by atoms with Crippen LogP contribution in [0.1, 0.15) is 31.1 Å². The second-order valence-corrected chi connectivity index (χ2v) is 8.88. The molecule has 4 rings (SSSR count). The molecule has 0 aromatic heterocycles. The Bertz CT molecular complexity index is 1420. The molecule has 0 radical (unpaired) electrons. The van der Waals surface area contributed by atoms with Gasteiger partial charge in [0.1, 0.15) is 0 Å². The fraction of sp³-hybridized carbons (Fsp3) is 0.192. The van der Waals surface area contributed by atoms with Crippen LogP contribution in [0.2, 0.25) is 0 Å². The van der Waals surface area contributed by atoms with E-state index in [0.717, 1.165) is 36.4 Å². The molecule has 0 saturated carbocycles. The average molecular weight is 590 g/mol. The quantitative estimate of drug-likeness (QED) is 0.110. The number of phenols is 9. The molecule has 42 heavy (non-hydrogen) atoms. The summed E-state index contributed by atoms with van der Waals surface area (Å²) in [6, 6.07) is 4.58. The molecule has 3 aromatic rings. The highest BCUT2D eigenvalue weighted by Gasteiger charge is 2.43.